The van der Waals surface area contributed by atoms with Crippen LogP contribution in [0.2, 0.25) is 0 Å². The normalized spacial score (nSPS) is 12.2. The van der Waals surface area contributed by atoms with Crippen LogP contribution >= 0.6 is 11.6 Å². The van der Waals surface area contributed by atoms with Gasteiger partial charge in [0.25, 0.3) is 0 Å². The summed E-state index contributed by atoms with van der Waals surface area (Å²) in [6.07, 6.45) is -0.0634. The van der Waals surface area contributed by atoms with E-state index in [1.807, 2.05) is 18.6 Å². The van der Waals surface area contributed by atoms with Crippen LogP contribution in [0.1, 0.15) is 40.5 Å². The van der Waals surface area contributed by atoms with Gasteiger partial charge in [-0.2, -0.15) is 12.7 Å². The topological polar surface area (TPSA) is 75.7 Å². The van der Waals surface area contributed by atoms with Gasteiger partial charge in [-0.1, -0.05) is 13.8 Å². The molecule has 114 valence electrons. The van der Waals surface area contributed by atoms with E-state index in [4.69, 9.17) is 16.3 Å². The van der Waals surface area contributed by atoms with Crippen molar-refractivity contribution in [3.05, 3.63) is 0 Å². The summed E-state index contributed by atoms with van der Waals surface area (Å²) >= 11 is 5.63. The summed E-state index contributed by atoms with van der Waals surface area (Å²) in [6, 6.07) is -0.192. The first-order chi connectivity index (χ1) is 8.78. The minimum Gasteiger partial charge on any atom is -0.446 e. The lowest BCUT2D eigenvalue weighted by Crippen LogP contribution is -2.49. The van der Waals surface area contributed by atoms with Gasteiger partial charge in [-0.25, -0.2) is 9.52 Å². The van der Waals surface area contributed by atoms with Gasteiger partial charge < -0.3 is 4.74 Å². The zero-order chi connectivity index (χ0) is 15.1. The molecule has 19 heavy (non-hydrogen) atoms. The summed E-state index contributed by atoms with van der Waals surface area (Å²) in [7, 11) is -3.93. The number of ether oxygens (including phenoxy) is 1. The molecule has 0 radical (unpaired) electrons. The van der Waals surface area contributed by atoms with Gasteiger partial charge in [-0.05, 0) is 26.7 Å². The molecule has 0 heterocycles. The van der Waals surface area contributed by atoms with Crippen molar-refractivity contribution in [1.82, 2.24) is 9.03 Å². The van der Waals surface area contributed by atoms with Crippen molar-refractivity contribution in [3.8, 4) is 0 Å². The number of carbonyl (C=O) groups excluding carboxylic acids is 1. The molecule has 0 aliphatic rings. The zero-order valence-corrected chi connectivity index (χ0v) is 13.4. The number of hydrogen-bond acceptors (Lipinski definition) is 4. The Balaban J connectivity index is 4.93. The average Bonchev–Trinajstić information content (AvgIpc) is 2.27. The predicted octanol–water partition coefficient (Wildman–Crippen LogP) is 2.10. The molecule has 0 aromatic heterocycles. The Hall–Kier alpha value is -0.530. The minimum atomic E-state index is -3.93. The summed E-state index contributed by atoms with van der Waals surface area (Å²) in [5, 5.41) is 0. The van der Waals surface area contributed by atoms with Crippen molar-refractivity contribution in [2.75, 3.05) is 12.4 Å². The van der Waals surface area contributed by atoms with E-state index in [1.165, 1.54) is 4.31 Å². The Kier molecular flexibility index (Phi) is 8.36. The van der Waals surface area contributed by atoms with Crippen molar-refractivity contribution in [2.45, 2.75) is 52.7 Å². The number of amides is 1. The second-order valence-corrected chi connectivity index (χ2v) is 6.33. The van der Waals surface area contributed by atoms with Gasteiger partial charge in [0.15, 0.2) is 0 Å². The summed E-state index contributed by atoms with van der Waals surface area (Å²) in [5.74, 6) is 0.163. The highest BCUT2D eigenvalue weighted by Gasteiger charge is 2.29. The second kappa shape index (κ2) is 8.60. The van der Waals surface area contributed by atoms with Gasteiger partial charge in [0.2, 0.25) is 0 Å². The Labute approximate surface area is 120 Å². The smallest absolute Gasteiger partial charge is 0.422 e. The molecule has 0 bridgehead atoms. The summed E-state index contributed by atoms with van der Waals surface area (Å²) in [6.45, 7) is 7.21. The highest BCUT2D eigenvalue weighted by atomic mass is 35.5. The quantitative estimate of drug-likeness (QED) is 0.696. The molecule has 0 fully saturated rings. The lowest BCUT2D eigenvalue weighted by atomic mass is 10.2. The first-order valence-electron chi connectivity index (χ1n) is 6.34. The monoisotopic (exact) mass is 314 g/mol. The number of alkyl halides is 1. The molecule has 0 saturated carbocycles. The number of nitrogens with one attached hydrogen (secondary N) is 1. The van der Waals surface area contributed by atoms with Crippen LogP contribution in [0, 0.1) is 0 Å². The van der Waals surface area contributed by atoms with E-state index in [2.05, 4.69) is 0 Å². The third-order valence-corrected chi connectivity index (χ3v) is 4.21. The maximum Gasteiger partial charge on any atom is 0.422 e. The maximum absolute atomic E-state index is 12.1. The highest BCUT2D eigenvalue weighted by Crippen LogP contribution is 2.13. The Morgan fingerprint density at radius 3 is 2.21 bits per heavy atom. The third kappa shape index (κ3) is 6.44. The lowest BCUT2D eigenvalue weighted by Gasteiger charge is -2.28. The van der Waals surface area contributed by atoms with Crippen LogP contribution < -0.4 is 4.72 Å². The van der Waals surface area contributed by atoms with Gasteiger partial charge >= 0.3 is 16.3 Å². The molecule has 0 aromatic carbocycles. The van der Waals surface area contributed by atoms with E-state index in [-0.39, 0.29) is 24.6 Å². The fraction of sp³-hybridized carbons (Fsp3) is 0.909. The number of nitrogens with zero attached hydrogens (tertiary/aromatic N) is 1. The first kappa shape index (κ1) is 18.5. The maximum atomic E-state index is 12.1. The van der Waals surface area contributed by atoms with Gasteiger partial charge in [-0.15, -0.1) is 11.6 Å². The van der Waals surface area contributed by atoms with Crippen molar-refractivity contribution in [3.63, 3.8) is 0 Å². The third-order valence-electron chi connectivity index (χ3n) is 2.52. The Morgan fingerprint density at radius 1 is 1.32 bits per heavy atom. The molecule has 0 unspecified atom stereocenters. The lowest BCUT2D eigenvalue weighted by molar-refractivity contribution is 0.120. The van der Waals surface area contributed by atoms with Gasteiger partial charge in [0, 0.05) is 18.5 Å². The highest BCUT2D eigenvalue weighted by molar-refractivity contribution is 7.87. The number of halogens is 1. The van der Waals surface area contributed by atoms with Crippen molar-refractivity contribution < 1.29 is 17.9 Å². The number of carbonyl (C=O) groups is 1. The fourth-order valence-corrected chi connectivity index (χ4v) is 3.36. The number of hydrogen-bond donors (Lipinski definition) is 1. The van der Waals surface area contributed by atoms with E-state index in [0.29, 0.717) is 12.8 Å². The van der Waals surface area contributed by atoms with Crippen molar-refractivity contribution in [2.24, 2.45) is 0 Å². The molecule has 0 atom stereocenters. The van der Waals surface area contributed by atoms with Crippen LogP contribution in [-0.2, 0) is 14.9 Å². The summed E-state index contributed by atoms with van der Waals surface area (Å²) in [4.78, 5) is 11.4. The predicted molar refractivity (Wildman–Crippen MR) is 75.5 cm³/mol. The largest absolute Gasteiger partial charge is 0.446 e. The molecule has 0 aliphatic carbocycles. The Bertz CT molecular complexity index is 369. The first-order valence-corrected chi connectivity index (χ1v) is 8.32. The van der Waals surface area contributed by atoms with Crippen LogP contribution in [0.5, 0.6) is 0 Å². The van der Waals surface area contributed by atoms with Crippen molar-refractivity contribution >= 4 is 27.9 Å². The average molecular weight is 315 g/mol. The Morgan fingerprint density at radius 2 is 1.84 bits per heavy atom. The van der Waals surface area contributed by atoms with E-state index >= 15 is 0 Å². The number of rotatable bonds is 8. The minimum absolute atomic E-state index is 0.151. The molecule has 8 heteroatoms. The second-order valence-electron chi connectivity index (χ2n) is 4.33. The van der Waals surface area contributed by atoms with Gasteiger partial charge in [0.1, 0.15) is 0 Å². The van der Waals surface area contributed by atoms with Crippen LogP contribution in [-0.4, -0.2) is 43.4 Å². The summed E-state index contributed by atoms with van der Waals surface area (Å²) < 4.78 is 32.1. The van der Waals surface area contributed by atoms with Crippen LogP contribution in [0.15, 0.2) is 0 Å². The van der Waals surface area contributed by atoms with Gasteiger partial charge in [0.05, 0.1) is 6.10 Å². The van der Waals surface area contributed by atoms with E-state index in [1.54, 1.807) is 13.8 Å². The fourth-order valence-electron chi connectivity index (χ4n) is 1.68. The van der Waals surface area contributed by atoms with E-state index < -0.39 is 16.3 Å². The zero-order valence-electron chi connectivity index (χ0n) is 11.8. The molecule has 0 aliphatic heterocycles. The standard InChI is InChI=1S/C11H23ClN2O4S/c1-5-10(6-2)14(8-7-12)19(16,17)13-11(15)18-9(3)4/h9-10H,5-8H2,1-4H3,(H,13,15). The van der Waals surface area contributed by atoms with E-state index in [0.717, 1.165) is 0 Å². The summed E-state index contributed by atoms with van der Waals surface area (Å²) in [5.41, 5.74) is 0. The van der Waals surface area contributed by atoms with E-state index in [9.17, 15) is 13.2 Å². The van der Waals surface area contributed by atoms with Crippen LogP contribution in [0.3, 0.4) is 0 Å². The molecule has 0 spiro atoms. The molecule has 0 saturated heterocycles. The molecule has 0 aromatic rings. The molecule has 0 rings (SSSR count). The van der Waals surface area contributed by atoms with Crippen LogP contribution in [0.25, 0.3) is 0 Å². The molecule has 6 nitrogen and oxygen atoms in total. The molecule has 1 N–H and O–H groups in total. The SMILES string of the molecule is CCC(CC)N(CCCl)S(=O)(=O)NC(=O)OC(C)C. The van der Waals surface area contributed by atoms with Crippen molar-refractivity contribution in [1.29, 1.82) is 0 Å². The van der Waals surface area contributed by atoms with Gasteiger partial charge in [-0.3, -0.25) is 0 Å². The molecule has 1 amide bonds. The van der Waals surface area contributed by atoms with Crippen LogP contribution in [0.4, 0.5) is 4.79 Å². The molecular weight excluding hydrogens is 292 g/mol. The molecular formula is C11H23ClN2O4S.